The van der Waals surface area contributed by atoms with Crippen LogP contribution in [0.4, 0.5) is 10.9 Å². The fraction of sp³-hybridized carbons (Fsp3) is 0.273. The molecule has 0 aliphatic rings. The second kappa shape index (κ2) is 5.05. The van der Waals surface area contributed by atoms with Gasteiger partial charge < -0.3 is 10.4 Å². The van der Waals surface area contributed by atoms with Crippen molar-refractivity contribution in [2.45, 2.75) is 13.3 Å². The Kier molecular flexibility index (Phi) is 3.48. The van der Waals surface area contributed by atoms with Gasteiger partial charge in [-0.3, -0.25) is 0 Å². The predicted molar refractivity (Wildman–Crippen MR) is 65.2 cm³/mol. The van der Waals surface area contributed by atoms with Crippen molar-refractivity contribution < 1.29 is 5.11 Å². The number of nitrogens with one attached hydrogen (secondary N) is 1. The van der Waals surface area contributed by atoms with Crippen molar-refractivity contribution in [3.63, 3.8) is 0 Å². The van der Waals surface area contributed by atoms with Crippen molar-refractivity contribution in [2.24, 2.45) is 0 Å². The Morgan fingerprint density at radius 1 is 1.44 bits per heavy atom. The molecule has 2 aromatic heterocycles. The average Bonchev–Trinajstić information content (AvgIpc) is 2.61. The van der Waals surface area contributed by atoms with Crippen LogP contribution in [0.15, 0.2) is 24.4 Å². The molecule has 0 atom stereocenters. The van der Waals surface area contributed by atoms with E-state index in [1.54, 1.807) is 17.5 Å². The lowest BCUT2D eigenvalue weighted by atomic mass is 10.3. The molecule has 0 spiro atoms. The molecule has 2 rings (SSSR count). The molecule has 0 bridgehead atoms. The minimum absolute atomic E-state index is 0.159. The molecule has 0 saturated heterocycles. The van der Waals surface area contributed by atoms with E-state index in [1.165, 1.54) is 0 Å². The van der Waals surface area contributed by atoms with Gasteiger partial charge in [-0.15, -0.1) is 11.3 Å². The van der Waals surface area contributed by atoms with E-state index in [0.29, 0.717) is 6.42 Å². The summed E-state index contributed by atoms with van der Waals surface area (Å²) in [6.07, 6.45) is 2.39. The fourth-order valence-electron chi connectivity index (χ4n) is 1.36. The number of nitrogens with zero attached hydrogens (tertiary/aromatic N) is 2. The van der Waals surface area contributed by atoms with Crippen LogP contribution in [0.25, 0.3) is 0 Å². The maximum absolute atomic E-state index is 8.89. The number of aryl methyl sites for hydroxylation is 1. The lowest BCUT2D eigenvalue weighted by molar-refractivity contribution is 0.300. The Morgan fingerprint density at radius 3 is 3.00 bits per heavy atom. The molecule has 0 unspecified atom stereocenters. The normalized spacial score (nSPS) is 10.4. The van der Waals surface area contributed by atoms with E-state index in [1.807, 2.05) is 25.1 Å². The van der Waals surface area contributed by atoms with E-state index < -0.39 is 0 Å². The van der Waals surface area contributed by atoms with Crippen molar-refractivity contribution >= 4 is 22.3 Å². The molecule has 16 heavy (non-hydrogen) atoms. The number of hydrogen-bond donors (Lipinski definition) is 2. The minimum Gasteiger partial charge on any atom is -0.396 e. The summed E-state index contributed by atoms with van der Waals surface area (Å²) < 4.78 is 0. The van der Waals surface area contributed by atoms with E-state index in [-0.39, 0.29) is 6.61 Å². The summed E-state index contributed by atoms with van der Waals surface area (Å²) in [5.74, 6) is 0.784. The third kappa shape index (κ3) is 2.56. The lowest BCUT2D eigenvalue weighted by Gasteiger charge is -1.98. The SMILES string of the molecule is Cc1nc(Nc2ccccn2)sc1CCO. The number of aliphatic hydroxyl groups excluding tert-OH is 1. The first-order valence-electron chi connectivity index (χ1n) is 5.05. The lowest BCUT2D eigenvalue weighted by Crippen LogP contribution is -1.91. The second-order valence-corrected chi connectivity index (χ2v) is 4.42. The van der Waals surface area contributed by atoms with Crippen LogP contribution >= 0.6 is 11.3 Å². The quantitative estimate of drug-likeness (QED) is 0.852. The predicted octanol–water partition coefficient (Wildman–Crippen LogP) is 2.12. The van der Waals surface area contributed by atoms with Crippen molar-refractivity contribution in [3.05, 3.63) is 35.0 Å². The van der Waals surface area contributed by atoms with Crippen molar-refractivity contribution in [2.75, 3.05) is 11.9 Å². The van der Waals surface area contributed by atoms with Crippen LogP contribution < -0.4 is 5.32 Å². The van der Waals surface area contributed by atoms with Gasteiger partial charge in [0.1, 0.15) is 5.82 Å². The third-order valence-corrected chi connectivity index (χ3v) is 3.26. The smallest absolute Gasteiger partial charge is 0.188 e. The monoisotopic (exact) mass is 235 g/mol. The van der Waals surface area contributed by atoms with Gasteiger partial charge in [0.2, 0.25) is 0 Å². The van der Waals surface area contributed by atoms with Crippen LogP contribution in [0.3, 0.4) is 0 Å². The summed E-state index contributed by atoms with van der Waals surface area (Å²) in [4.78, 5) is 9.66. The van der Waals surface area contributed by atoms with Crippen LogP contribution in [-0.2, 0) is 6.42 Å². The Bertz CT molecular complexity index is 456. The summed E-state index contributed by atoms with van der Waals surface area (Å²) in [6.45, 7) is 2.11. The third-order valence-electron chi connectivity index (χ3n) is 2.13. The highest BCUT2D eigenvalue weighted by atomic mass is 32.1. The molecule has 0 radical (unpaired) electrons. The van der Waals surface area contributed by atoms with Crippen molar-refractivity contribution in [1.82, 2.24) is 9.97 Å². The van der Waals surface area contributed by atoms with Gasteiger partial charge in [-0.1, -0.05) is 6.07 Å². The molecular weight excluding hydrogens is 222 g/mol. The molecule has 2 aromatic rings. The number of aliphatic hydroxyl groups is 1. The topological polar surface area (TPSA) is 58.0 Å². The van der Waals surface area contributed by atoms with Crippen molar-refractivity contribution in [1.29, 1.82) is 0 Å². The van der Waals surface area contributed by atoms with Gasteiger partial charge in [-0.05, 0) is 19.1 Å². The van der Waals surface area contributed by atoms with E-state index in [4.69, 9.17) is 5.11 Å². The minimum atomic E-state index is 0.159. The summed E-state index contributed by atoms with van der Waals surface area (Å²) in [6, 6.07) is 5.68. The standard InChI is InChI=1S/C11H13N3OS/c1-8-9(5-7-15)16-11(13-8)14-10-4-2-3-6-12-10/h2-4,6,15H,5,7H2,1H3,(H,12,13,14). The van der Waals surface area contributed by atoms with E-state index in [2.05, 4.69) is 15.3 Å². The number of thiazole rings is 1. The molecule has 0 aliphatic carbocycles. The van der Waals surface area contributed by atoms with Gasteiger partial charge in [0.05, 0.1) is 5.69 Å². The summed E-state index contributed by atoms with van der Waals surface area (Å²) in [5.41, 5.74) is 0.970. The van der Waals surface area contributed by atoms with E-state index in [9.17, 15) is 0 Å². The molecule has 2 heterocycles. The molecule has 2 N–H and O–H groups in total. The zero-order valence-electron chi connectivity index (χ0n) is 8.97. The number of hydrogen-bond acceptors (Lipinski definition) is 5. The summed E-state index contributed by atoms with van der Waals surface area (Å²) in [5, 5.41) is 12.8. The van der Waals surface area contributed by atoms with Gasteiger partial charge in [0.15, 0.2) is 5.13 Å². The van der Waals surface area contributed by atoms with Gasteiger partial charge in [-0.25, -0.2) is 9.97 Å². The van der Waals surface area contributed by atoms with Gasteiger partial charge >= 0.3 is 0 Å². The molecular formula is C11H13N3OS. The number of aromatic nitrogens is 2. The summed E-state index contributed by atoms with van der Waals surface area (Å²) >= 11 is 1.56. The van der Waals surface area contributed by atoms with Crippen LogP contribution in [0.2, 0.25) is 0 Å². The van der Waals surface area contributed by atoms with E-state index in [0.717, 1.165) is 21.5 Å². The molecule has 84 valence electrons. The van der Waals surface area contributed by atoms with Crippen molar-refractivity contribution in [3.8, 4) is 0 Å². The van der Waals surface area contributed by atoms with Gasteiger partial charge in [0.25, 0.3) is 0 Å². The van der Waals surface area contributed by atoms with Crippen LogP contribution in [0.1, 0.15) is 10.6 Å². The maximum atomic E-state index is 8.89. The maximum Gasteiger partial charge on any atom is 0.188 e. The van der Waals surface area contributed by atoms with E-state index >= 15 is 0 Å². The number of rotatable bonds is 4. The Morgan fingerprint density at radius 2 is 2.31 bits per heavy atom. The molecule has 0 amide bonds. The Balaban J connectivity index is 2.13. The average molecular weight is 235 g/mol. The molecule has 0 saturated carbocycles. The zero-order chi connectivity index (χ0) is 11.4. The highest BCUT2D eigenvalue weighted by Crippen LogP contribution is 2.25. The first-order chi connectivity index (χ1) is 7.79. The molecule has 0 fully saturated rings. The molecule has 5 heteroatoms. The molecule has 0 aliphatic heterocycles. The van der Waals surface area contributed by atoms with Crippen LogP contribution in [0.5, 0.6) is 0 Å². The summed E-state index contributed by atoms with van der Waals surface area (Å²) in [7, 11) is 0. The first kappa shape index (κ1) is 11.0. The largest absolute Gasteiger partial charge is 0.396 e. The van der Waals surface area contributed by atoms with Crippen LogP contribution in [0, 0.1) is 6.92 Å². The van der Waals surface area contributed by atoms with Gasteiger partial charge in [-0.2, -0.15) is 0 Å². The number of pyridine rings is 1. The fourth-order valence-corrected chi connectivity index (χ4v) is 2.32. The highest BCUT2D eigenvalue weighted by molar-refractivity contribution is 7.15. The molecule has 0 aromatic carbocycles. The molecule has 4 nitrogen and oxygen atoms in total. The van der Waals surface area contributed by atoms with Crippen LogP contribution in [-0.4, -0.2) is 21.7 Å². The zero-order valence-corrected chi connectivity index (χ0v) is 9.79. The Labute approximate surface area is 98.0 Å². The first-order valence-corrected chi connectivity index (χ1v) is 5.86. The number of anilines is 2. The highest BCUT2D eigenvalue weighted by Gasteiger charge is 2.07. The second-order valence-electron chi connectivity index (χ2n) is 3.34. The van der Waals surface area contributed by atoms with Gasteiger partial charge in [0, 0.05) is 24.1 Å². The Hall–Kier alpha value is -1.46.